The van der Waals surface area contributed by atoms with Crippen molar-refractivity contribution in [2.45, 2.75) is 45.4 Å². The number of aryl methyl sites for hydroxylation is 1. The highest BCUT2D eigenvalue weighted by atomic mass is 32.2. The van der Waals surface area contributed by atoms with E-state index in [-0.39, 0.29) is 34.9 Å². The van der Waals surface area contributed by atoms with Crippen molar-refractivity contribution in [1.29, 1.82) is 5.26 Å². The van der Waals surface area contributed by atoms with Gasteiger partial charge in [-0.15, -0.1) is 0 Å². The first-order valence-electron chi connectivity index (χ1n) is 11.1. The van der Waals surface area contributed by atoms with Crippen molar-refractivity contribution < 1.29 is 17.9 Å². The number of nitrogens with one attached hydrogen (secondary N) is 1. The molecule has 11 heteroatoms. The highest BCUT2D eigenvalue weighted by Crippen LogP contribution is 2.24. The van der Waals surface area contributed by atoms with E-state index >= 15 is 0 Å². The number of hydrogen-bond acceptors (Lipinski definition) is 8. The van der Waals surface area contributed by atoms with E-state index in [1.165, 1.54) is 10.5 Å². The number of pyridine rings is 1. The Morgan fingerprint density at radius 2 is 2.03 bits per heavy atom. The van der Waals surface area contributed by atoms with Crippen molar-refractivity contribution in [2.24, 2.45) is 0 Å². The summed E-state index contributed by atoms with van der Waals surface area (Å²) in [6, 6.07) is 4.89. The largest absolute Gasteiger partial charge is 0.372 e. The zero-order valence-corrected chi connectivity index (χ0v) is 20.1. The topological polar surface area (TPSA) is 134 Å². The van der Waals surface area contributed by atoms with Crippen LogP contribution in [-0.2, 0) is 19.4 Å². The van der Waals surface area contributed by atoms with Crippen LogP contribution in [0.25, 0.3) is 11.7 Å². The van der Waals surface area contributed by atoms with Gasteiger partial charge in [0.2, 0.25) is 0 Å². The summed E-state index contributed by atoms with van der Waals surface area (Å²) in [5.41, 5.74) is 0.734. The van der Waals surface area contributed by atoms with Crippen LogP contribution in [0.2, 0.25) is 0 Å². The van der Waals surface area contributed by atoms with Gasteiger partial charge in [-0.2, -0.15) is 5.26 Å². The first kappa shape index (κ1) is 23.9. The second kappa shape index (κ2) is 9.19. The molecule has 4 heterocycles. The van der Waals surface area contributed by atoms with Crippen LogP contribution in [0.4, 0.5) is 5.82 Å². The third kappa shape index (κ3) is 4.83. The number of nitriles is 1. The first-order valence-corrected chi connectivity index (χ1v) is 13.0. The molecule has 0 radical (unpaired) electrons. The number of morpholine rings is 1. The van der Waals surface area contributed by atoms with Crippen molar-refractivity contribution >= 4 is 33.3 Å². The van der Waals surface area contributed by atoms with E-state index < -0.39 is 27.3 Å². The number of rotatable bonds is 4. The van der Waals surface area contributed by atoms with Gasteiger partial charge in [-0.1, -0.05) is 6.07 Å². The summed E-state index contributed by atoms with van der Waals surface area (Å²) in [6.07, 6.45) is 2.95. The average Bonchev–Trinajstić information content (AvgIpc) is 3.10. The Morgan fingerprint density at radius 1 is 1.32 bits per heavy atom. The monoisotopic (exact) mass is 485 g/mol. The molecule has 2 aliphatic rings. The predicted molar refractivity (Wildman–Crippen MR) is 127 cm³/mol. The van der Waals surface area contributed by atoms with E-state index in [4.69, 9.17) is 9.72 Å². The summed E-state index contributed by atoms with van der Waals surface area (Å²) in [6.45, 7) is 6.71. The Labute approximate surface area is 197 Å². The Morgan fingerprint density at radius 3 is 2.65 bits per heavy atom. The Kier molecular flexibility index (Phi) is 6.47. The zero-order valence-electron chi connectivity index (χ0n) is 19.3. The van der Waals surface area contributed by atoms with Crippen molar-refractivity contribution in [1.82, 2.24) is 14.7 Å². The van der Waals surface area contributed by atoms with Crippen molar-refractivity contribution in [3.8, 4) is 6.07 Å². The van der Waals surface area contributed by atoms with Gasteiger partial charge >= 0.3 is 0 Å². The number of aromatic nitrogens is 2. The second-order valence-corrected chi connectivity index (χ2v) is 11.2. The first-order chi connectivity index (χ1) is 16.1. The van der Waals surface area contributed by atoms with Crippen LogP contribution in [0.3, 0.4) is 0 Å². The van der Waals surface area contributed by atoms with Gasteiger partial charge in [0.25, 0.3) is 11.5 Å². The number of fused-ring (bicyclic) bond motifs is 1. The maximum Gasteiger partial charge on any atom is 0.267 e. The number of carbonyl (C=O) groups excluding carboxylic acids is 1. The number of sulfone groups is 1. The summed E-state index contributed by atoms with van der Waals surface area (Å²) < 4.78 is 30.7. The van der Waals surface area contributed by atoms with Crippen molar-refractivity contribution in [2.75, 3.05) is 29.5 Å². The molecule has 2 fully saturated rings. The van der Waals surface area contributed by atoms with E-state index in [2.05, 4.69) is 5.32 Å². The van der Waals surface area contributed by atoms with Crippen LogP contribution in [0.15, 0.2) is 28.7 Å². The lowest BCUT2D eigenvalue weighted by atomic mass is 10.1. The Hall–Kier alpha value is -3.23. The molecule has 2 aromatic rings. The van der Waals surface area contributed by atoms with Crippen LogP contribution in [-0.4, -0.2) is 66.6 Å². The third-order valence-electron chi connectivity index (χ3n) is 6.00. The van der Waals surface area contributed by atoms with Crippen LogP contribution in [0.1, 0.15) is 31.4 Å². The third-order valence-corrected chi connectivity index (χ3v) is 7.77. The van der Waals surface area contributed by atoms with E-state index in [0.717, 1.165) is 5.56 Å². The number of anilines is 1. The number of carbonyl (C=O) groups is 1. The summed E-state index contributed by atoms with van der Waals surface area (Å²) >= 11 is 0. The molecule has 4 rings (SSSR count). The normalized spacial score (nSPS) is 24.7. The molecular formula is C23H27N5O5S. The number of amides is 1. The summed E-state index contributed by atoms with van der Waals surface area (Å²) in [4.78, 5) is 33.0. The highest BCUT2D eigenvalue weighted by Gasteiger charge is 2.30. The molecule has 0 bridgehead atoms. The number of hydrogen-bond donors (Lipinski definition) is 1. The van der Waals surface area contributed by atoms with Gasteiger partial charge in [0.05, 0.1) is 29.3 Å². The Balaban J connectivity index is 1.80. The fourth-order valence-electron chi connectivity index (χ4n) is 4.48. The Bertz CT molecular complexity index is 1360. The molecule has 2 aromatic heterocycles. The quantitative estimate of drug-likeness (QED) is 0.497. The smallest absolute Gasteiger partial charge is 0.267 e. The molecule has 10 nitrogen and oxygen atoms in total. The molecule has 2 saturated heterocycles. The van der Waals surface area contributed by atoms with Crippen LogP contribution < -0.4 is 15.8 Å². The standard InChI is InChI=1S/C23H27N5O5S/c1-14-5-4-7-28-20(14)26-21(27-11-15(2)33-16(3)12-27)19(23(28)30)9-17(10-24)22(29)25-18-6-8-34(31,32)13-18/h4-5,7,9,15-16,18H,6,8,11-13H2,1-3H3,(H,25,29)/b17-9+/t15-,16+,18-/m1/s1. The predicted octanol–water partition coefficient (Wildman–Crippen LogP) is 0.827. The van der Waals surface area contributed by atoms with Gasteiger partial charge in [0, 0.05) is 25.3 Å². The zero-order chi connectivity index (χ0) is 24.6. The molecule has 3 atom stereocenters. The lowest BCUT2D eigenvalue weighted by Crippen LogP contribution is -2.46. The van der Waals surface area contributed by atoms with Gasteiger partial charge in [-0.3, -0.25) is 14.0 Å². The maximum absolute atomic E-state index is 13.5. The molecule has 1 amide bonds. The second-order valence-electron chi connectivity index (χ2n) is 8.94. The number of nitrogens with zero attached hydrogens (tertiary/aromatic N) is 4. The molecule has 180 valence electrons. The highest BCUT2D eigenvalue weighted by molar-refractivity contribution is 7.91. The molecule has 1 N–H and O–H groups in total. The van der Waals surface area contributed by atoms with E-state index in [1.807, 2.05) is 37.8 Å². The van der Waals surface area contributed by atoms with Gasteiger partial charge in [0.15, 0.2) is 9.84 Å². The molecule has 34 heavy (non-hydrogen) atoms. The van der Waals surface area contributed by atoms with Crippen LogP contribution in [0, 0.1) is 18.3 Å². The fraction of sp³-hybridized carbons (Fsp3) is 0.478. The molecule has 0 aromatic carbocycles. The van der Waals surface area contributed by atoms with Gasteiger partial charge in [-0.05, 0) is 44.9 Å². The van der Waals surface area contributed by atoms with Crippen LogP contribution in [0.5, 0.6) is 0 Å². The fourth-order valence-corrected chi connectivity index (χ4v) is 6.16. The molecular weight excluding hydrogens is 458 g/mol. The minimum Gasteiger partial charge on any atom is -0.372 e. The van der Waals surface area contributed by atoms with Crippen LogP contribution >= 0.6 is 0 Å². The molecule has 2 aliphatic heterocycles. The van der Waals surface area contributed by atoms with Crippen molar-refractivity contribution in [3.05, 3.63) is 45.4 Å². The maximum atomic E-state index is 13.5. The van der Waals surface area contributed by atoms with E-state index in [9.17, 15) is 23.3 Å². The van der Waals surface area contributed by atoms with Gasteiger partial charge in [0.1, 0.15) is 23.1 Å². The van der Waals surface area contributed by atoms with E-state index in [1.54, 1.807) is 12.3 Å². The lowest BCUT2D eigenvalue weighted by Gasteiger charge is -2.36. The van der Waals surface area contributed by atoms with Gasteiger partial charge < -0.3 is 15.0 Å². The summed E-state index contributed by atoms with van der Waals surface area (Å²) in [7, 11) is -3.20. The van der Waals surface area contributed by atoms with Crippen molar-refractivity contribution in [3.63, 3.8) is 0 Å². The van der Waals surface area contributed by atoms with Gasteiger partial charge in [-0.25, -0.2) is 13.4 Å². The molecule has 0 saturated carbocycles. The molecule has 0 spiro atoms. The molecule has 0 unspecified atom stereocenters. The summed E-state index contributed by atoms with van der Waals surface area (Å²) in [5, 5.41) is 12.3. The minimum absolute atomic E-state index is 0.00358. The van der Waals surface area contributed by atoms with E-state index in [0.29, 0.717) is 31.0 Å². The minimum atomic E-state index is -3.20. The average molecular weight is 486 g/mol. The SMILES string of the molecule is Cc1cccn2c(=O)c(/C=C(\C#N)C(=O)N[C@@H]3CCS(=O)(=O)C3)c(N3C[C@@H](C)O[C@@H](C)C3)nc12. The number of ether oxygens (including phenoxy) is 1. The lowest BCUT2D eigenvalue weighted by molar-refractivity contribution is -0.117. The molecule has 0 aliphatic carbocycles. The summed E-state index contributed by atoms with van der Waals surface area (Å²) in [5.74, 6) is -0.499.